The summed E-state index contributed by atoms with van der Waals surface area (Å²) in [5, 5.41) is 0. The average molecular weight is 351 g/mol. The van der Waals surface area contributed by atoms with E-state index in [4.69, 9.17) is 4.74 Å². The van der Waals surface area contributed by atoms with Gasteiger partial charge in [-0.05, 0) is 17.5 Å². The quantitative estimate of drug-likeness (QED) is 0.289. The van der Waals surface area contributed by atoms with Crippen LogP contribution in [-0.4, -0.2) is 7.11 Å². The molecule has 0 saturated carbocycles. The van der Waals surface area contributed by atoms with E-state index < -0.39 is 5.60 Å². The maximum absolute atomic E-state index is 6.17. The van der Waals surface area contributed by atoms with Gasteiger partial charge in [0.1, 0.15) is 5.60 Å². The zero-order chi connectivity index (χ0) is 18.7. The van der Waals surface area contributed by atoms with Crippen molar-refractivity contribution < 1.29 is 4.74 Å². The molecule has 2 rings (SSSR count). The van der Waals surface area contributed by atoms with Gasteiger partial charge in [-0.3, -0.25) is 0 Å². The third-order valence-electron chi connectivity index (χ3n) is 5.43. The molecule has 0 aliphatic carbocycles. The van der Waals surface area contributed by atoms with Gasteiger partial charge in [-0.15, -0.1) is 0 Å². The van der Waals surface area contributed by atoms with Gasteiger partial charge < -0.3 is 4.74 Å². The van der Waals surface area contributed by atoms with E-state index >= 15 is 0 Å². The molecule has 26 heavy (non-hydrogen) atoms. The molecular weight excluding hydrogens is 316 g/mol. The van der Waals surface area contributed by atoms with Gasteiger partial charge in [-0.2, -0.15) is 0 Å². The van der Waals surface area contributed by atoms with E-state index in [2.05, 4.69) is 74.2 Å². The Labute approximate surface area is 160 Å². The van der Waals surface area contributed by atoms with Crippen LogP contribution < -0.4 is 0 Å². The zero-order valence-electron chi connectivity index (χ0n) is 16.5. The highest BCUT2D eigenvalue weighted by Gasteiger charge is 2.38. The molecule has 0 aliphatic heterocycles. The van der Waals surface area contributed by atoms with Crippen molar-refractivity contribution in [1.82, 2.24) is 0 Å². The van der Waals surface area contributed by atoms with Gasteiger partial charge in [0.05, 0.1) is 0 Å². The first kappa shape index (κ1) is 20.5. The van der Waals surface area contributed by atoms with Crippen LogP contribution >= 0.6 is 0 Å². The predicted octanol–water partition coefficient (Wildman–Crippen LogP) is 7.25. The number of benzene rings is 2. The van der Waals surface area contributed by atoms with Crippen molar-refractivity contribution in [2.45, 2.75) is 63.4 Å². The summed E-state index contributed by atoms with van der Waals surface area (Å²) in [4.78, 5) is 0. The van der Waals surface area contributed by atoms with Gasteiger partial charge in [0, 0.05) is 13.0 Å². The van der Waals surface area contributed by atoms with Crippen molar-refractivity contribution in [2.24, 2.45) is 0 Å². The Balaban J connectivity index is 2.25. The van der Waals surface area contributed by atoms with Crippen LogP contribution in [0.2, 0.25) is 0 Å². The van der Waals surface area contributed by atoms with E-state index in [9.17, 15) is 0 Å². The maximum Gasteiger partial charge on any atom is 0.117 e. The molecule has 0 aliphatic rings. The second-order valence-electron chi connectivity index (χ2n) is 7.09. The minimum Gasteiger partial charge on any atom is -0.369 e. The number of hydrogen-bond donors (Lipinski definition) is 0. The van der Waals surface area contributed by atoms with E-state index in [-0.39, 0.29) is 5.92 Å². The van der Waals surface area contributed by atoms with Crippen molar-refractivity contribution in [1.29, 1.82) is 0 Å². The molecule has 0 aromatic heterocycles. The van der Waals surface area contributed by atoms with Crippen LogP contribution in [0, 0.1) is 0 Å². The third-order valence-corrected chi connectivity index (χ3v) is 5.43. The van der Waals surface area contributed by atoms with Crippen LogP contribution in [0.15, 0.2) is 73.3 Å². The lowest BCUT2D eigenvalue weighted by molar-refractivity contribution is 0.00119. The Kier molecular flexibility index (Phi) is 8.64. The summed E-state index contributed by atoms with van der Waals surface area (Å²) in [6, 6.07) is 21.3. The fraction of sp³-hybridized carbons (Fsp3) is 0.440. The Morgan fingerprint density at radius 2 is 1.46 bits per heavy atom. The lowest BCUT2D eigenvalue weighted by atomic mass is 9.74. The molecule has 140 valence electrons. The highest BCUT2D eigenvalue weighted by atomic mass is 16.5. The summed E-state index contributed by atoms with van der Waals surface area (Å²) < 4.78 is 6.17. The van der Waals surface area contributed by atoms with E-state index in [0.717, 1.165) is 6.42 Å². The Hall–Kier alpha value is -1.86. The van der Waals surface area contributed by atoms with E-state index in [1.165, 1.54) is 49.7 Å². The SMILES string of the molecule is C=CC(OC)(c1ccccc1)C(CCCCCCCC)c1ccccc1. The topological polar surface area (TPSA) is 9.23 Å². The van der Waals surface area contributed by atoms with Gasteiger partial charge in [-0.25, -0.2) is 0 Å². The number of ether oxygens (including phenoxy) is 1. The first-order valence-corrected chi connectivity index (χ1v) is 10.1. The summed E-state index contributed by atoms with van der Waals surface area (Å²) >= 11 is 0. The van der Waals surface area contributed by atoms with Crippen molar-refractivity contribution >= 4 is 0 Å². The normalized spacial score (nSPS) is 14.5. The van der Waals surface area contributed by atoms with Crippen LogP contribution in [0.25, 0.3) is 0 Å². The Morgan fingerprint density at radius 1 is 0.885 bits per heavy atom. The average Bonchev–Trinajstić information content (AvgIpc) is 2.71. The smallest absolute Gasteiger partial charge is 0.117 e. The molecule has 1 heteroatoms. The third kappa shape index (κ3) is 5.08. The van der Waals surface area contributed by atoms with Crippen LogP contribution in [0.3, 0.4) is 0 Å². The lowest BCUT2D eigenvalue weighted by Crippen LogP contribution is -2.34. The molecule has 0 amide bonds. The molecule has 0 spiro atoms. The largest absolute Gasteiger partial charge is 0.369 e. The molecule has 2 aromatic rings. The number of unbranched alkanes of at least 4 members (excludes halogenated alkanes) is 5. The molecule has 1 nitrogen and oxygen atoms in total. The summed E-state index contributed by atoms with van der Waals surface area (Å²) in [5.41, 5.74) is 2.01. The van der Waals surface area contributed by atoms with Gasteiger partial charge in [-0.1, -0.05) is 119 Å². The van der Waals surface area contributed by atoms with E-state index in [1.807, 2.05) is 13.2 Å². The first-order chi connectivity index (χ1) is 12.8. The molecule has 2 aromatic carbocycles. The van der Waals surface area contributed by atoms with Crippen LogP contribution in [-0.2, 0) is 10.3 Å². The van der Waals surface area contributed by atoms with Crippen LogP contribution in [0.1, 0.15) is 68.9 Å². The van der Waals surface area contributed by atoms with Crippen LogP contribution in [0.5, 0.6) is 0 Å². The summed E-state index contributed by atoms with van der Waals surface area (Å²) in [5.74, 6) is 0.264. The molecular formula is C25H34O. The monoisotopic (exact) mass is 350 g/mol. The molecule has 0 N–H and O–H groups in total. The molecule has 0 heterocycles. The van der Waals surface area contributed by atoms with Crippen molar-refractivity contribution in [3.63, 3.8) is 0 Å². The van der Waals surface area contributed by atoms with Crippen molar-refractivity contribution in [3.8, 4) is 0 Å². The lowest BCUT2D eigenvalue weighted by Gasteiger charge is -2.38. The Morgan fingerprint density at radius 3 is 2.04 bits per heavy atom. The van der Waals surface area contributed by atoms with Gasteiger partial charge >= 0.3 is 0 Å². The fourth-order valence-electron chi connectivity index (χ4n) is 3.95. The summed E-state index contributed by atoms with van der Waals surface area (Å²) in [7, 11) is 1.81. The van der Waals surface area contributed by atoms with E-state index in [0.29, 0.717) is 0 Å². The number of rotatable bonds is 12. The zero-order valence-corrected chi connectivity index (χ0v) is 16.5. The summed E-state index contributed by atoms with van der Waals surface area (Å²) in [6.07, 6.45) is 10.9. The van der Waals surface area contributed by atoms with Gasteiger partial charge in [0.2, 0.25) is 0 Å². The van der Waals surface area contributed by atoms with Crippen molar-refractivity contribution in [3.05, 3.63) is 84.4 Å². The minimum absolute atomic E-state index is 0.264. The second-order valence-corrected chi connectivity index (χ2v) is 7.09. The van der Waals surface area contributed by atoms with Gasteiger partial charge in [0.15, 0.2) is 0 Å². The molecule has 0 saturated heterocycles. The van der Waals surface area contributed by atoms with E-state index in [1.54, 1.807) is 0 Å². The second kappa shape index (κ2) is 11.0. The molecule has 0 radical (unpaired) electrons. The Bertz CT molecular complexity index is 619. The highest BCUT2D eigenvalue weighted by Crippen LogP contribution is 2.44. The fourth-order valence-corrected chi connectivity index (χ4v) is 3.95. The summed E-state index contributed by atoms with van der Waals surface area (Å²) in [6.45, 7) is 6.44. The van der Waals surface area contributed by atoms with Crippen molar-refractivity contribution in [2.75, 3.05) is 7.11 Å². The van der Waals surface area contributed by atoms with Gasteiger partial charge in [0.25, 0.3) is 0 Å². The molecule has 0 fully saturated rings. The molecule has 2 unspecified atom stereocenters. The molecule has 0 bridgehead atoms. The number of hydrogen-bond acceptors (Lipinski definition) is 1. The standard InChI is InChI=1S/C25H34O/c1-4-6-7-8-9-16-21-24(22-17-12-10-13-18-22)25(5-2,26-3)23-19-14-11-15-20-23/h5,10-15,17-20,24H,2,4,6-9,16,21H2,1,3H3. The highest BCUT2D eigenvalue weighted by molar-refractivity contribution is 5.35. The number of methoxy groups -OCH3 is 1. The first-order valence-electron chi connectivity index (χ1n) is 10.1. The maximum atomic E-state index is 6.17. The van der Waals surface area contributed by atoms with Crippen LogP contribution in [0.4, 0.5) is 0 Å². The molecule has 2 atom stereocenters. The minimum atomic E-state index is -0.494. The predicted molar refractivity (Wildman–Crippen MR) is 113 cm³/mol.